The molecule has 2 atom stereocenters. The molecule has 2 N–H and O–H groups in total. The van der Waals surface area contributed by atoms with Crippen molar-refractivity contribution in [2.75, 3.05) is 5.75 Å². The lowest BCUT2D eigenvalue weighted by Gasteiger charge is -2.17. The number of aliphatic hydroxyl groups excluding tert-OH is 1. The van der Waals surface area contributed by atoms with Gasteiger partial charge in [-0.2, -0.15) is 0 Å². The first kappa shape index (κ1) is 15.1. The first-order chi connectivity index (χ1) is 10.7. The molecule has 5 heteroatoms. The topological polar surface area (TPSA) is 62.2 Å². The van der Waals surface area contributed by atoms with Gasteiger partial charge in [0, 0.05) is 24.6 Å². The van der Waals surface area contributed by atoms with Gasteiger partial charge in [0.15, 0.2) is 0 Å². The predicted molar refractivity (Wildman–Crippen MR) is 87.4 cm³/mol. The second kappa shape index (κ2) is 6.94. The summed E-state index contributed by atoms with van der Waals surface area (Å²) in [6, 6.07) is 11.5. The number of benzene rings is 1. The van der Waals surface area contributed by atoms with Gasteiger partial charge in [-0.15, -0.1) is 11.8 Å². The van der Waals surface area contributed by atoms with E-state index in [0.29, 0.717) is 12.2 Å². The number of pyridine rings is 1. The molecule has 0 aliphatic heterocycles. The van der Waals surface area contributed by atoms with Crippen LogP contribution in [0.5, 0.6) is 0 Å². The number of carbonyl (C=O) groups is 1. The van der Waals surface area contributed by atoms with Crippen molar-refractivity contribution in [2.24, 2.45) is 0 Å². The zero-order chi connectivity index (χ0) is 15.4. The highest BCUT2D eigenvalue weighted by Crippen LogP contribution is 2.31. The molecule has 114 valence electrons. The summed E-state index contributed by atoms with van der Waals surface area (Å²) in [5.74, 6) is 1.12. The van der Waals surface area contributed by atoms with Crippen LogP contribution in [0.4, 0.5) is 0 Å². The van der Waals surface area contributed by atoms with Crippen LogP contribution in [0, 0.1) is 0 Å². The highest BCUT2D eigenvalue weighted by molar-refractivity contribution is 7.99. The maximum atomic E-state index is 12.1. The maximum absolute atomic E-state index is 12.1. The van der Waals surface area contributed by atoms with E-state index in [4.69, 9.17) is 0 Å². The Kier molecular flexibility index (Phi) is 4.75. The number of carbonyl (C=O) groups excluding carboxylic acids is 1. The Balaban J connectivity index is 1.52. The fraction of sp³-hybridized carbons (Fsp3) is 0.294. The van der Waals surface area contributed by atoms with Crippen molar-refractivity contribution in [1.82, 2.24) is 10.3 Å². The monoisotopic (exact) mass is 314 g/mol. The lowest BCUT2D eigenvalue weighted by atomic mass is 10.1. The lowest BCUT2D eigenvalue weighted by molar-refractivity contribution is -0.120. The van der Waals surface area contributed by atoms with Crippen LogP contribution in [-0.2, 0) is 17.0 Å². The Labute approximate surface area is 134 Å². The molecule has 1 aromatic carbocycles. The van der Waals surface area contributed by atoms with E-state index in [9.17, 15) is 9.90 Å². The Morgan fingerprint density at radius 3 is 2.86 bits per heavy atom. The van der Waals surface area contributed by atoms with Crippen LogP contribution < -0.4 is 5.32 Å². The van der Waals surface area contributed by atoms with E-state index in [1.807, 2.05) is 36.4 Å². The Hall–Kier alpha value is -1.85. The molecule has 0 saturated carbocycles. The van der Waals surface area contributed by atoms with Gasteiger partial charge in [0.25, 0.3) is 0 Å². The van der Waals surface area contributed by atoms with Crippen LogP contribution >= 0.6 is 11.8 Å². The number of rotatable bonds is 5. The molecular formula is C17H18N2O2S. The molecule has 0 fully saturated rings. The van der Waals surface area contributed by atoms with E-state index in [2.05, 4.69) is 10.3 Å². The fourth-order valence-corrected chi connectivity index (χ4v) is 3.50. The van der Waals surface area contributed by atoms with E-state index in [1.165, 1.54) is 0 Å². The molecule has 1 amide bonds. The molecule has 0 bridgehead atoms. The normalized spacial score (nSPS) is 19.7. The van der Waals surface area contributed by atoms with Crippen LogP contribution in [0.15, 0.2) is 48.8 Å². The number of hydrogen-bond donors (Lipinski definition) is 2. The average Bonchev–Trinajstić information content (AvgIpc) is 2.84. The van der Waals surface area contributed by atoms with Gasteiger partial charge in [0.2, 0.25) is 5.91 Å². The summed E-state index contributed by atoms with van der Waals surface area (Å²) in [5.41, 5.74) is 3.30. The molecule has 1 heterocycles. The molecule has 3 rings (SSSR count). The largest absolute Gasteiger partial charge is 0.390 e. The van der Waals surface area contributed by atoms with Gasteiger partial charge in [-0.05, 0) is 28.8 Å². The molecule has 1 aliphatic carbocycles. The first-order valence-corrected chi connectivity index (χ1v) is 8.41. The van der Waals surface area contributed by atoms with Gasteiger partial charge in [-0.3, -0.25) is 9.78 Å². The number of aromatic nitrogens is 1. The minimum absolute atomic E-state index is 0.0418. The number of nitrogens with zero attached hydrogens (tertiary/aromatic N) is 1. The zero-order valence-corrected chi connectivity index (χ0v) is 12.9. The van der Waals surface area contributed by atoms with Crippen molar-refractivity contribution in [3.05, 3.63) is 65.5 Å². The van der Waals surface area contributed by atoms with Crippen molar-refractivity contribution in [1.29, 1.82) is 0 Å². The van der Waals surface area contributed by atoms with Crippen molar-refractivity contribution in [2.45, 2.75) is 24.3 Å². The molecule has 1 aliphatic rings. The molecule has 4 nitrogen and oxygen atoms in total. The van der Waals surface area contributed by atoms with E-state index in [0.717, 1.165) is 22.4 Å². The standard InChI is InChI=1S/C17H18N2O2S/c20-15-9-13-3-1-2-4-14(13)17(15)19-16(21)11-22-10-12-5-7-18-8-6-12/h1-8,15,17,20H,9-11H2,(H,19,21). The van der Waals surface area contributed by atoms with Crippen molar-refractivity contribution < 1.29 is 9.90 Å². The molecule has 0 radical (unpaired) electrons. The van der Waals surface area contributed by atoms with Crippen molar-refractivity contribution >= 4 is 17.7 Å². The minimum atomic E-state index is -0.536. The molecule has 22 heavy (non-hydrogen) atoms. The average molecular weight is 314 g/mol. The van der Waals surface area contributed by atoms with Crippen LogP contribution in [0.25, 0.3) is 0 Å². The summed E-state index contributed by atoms with van der Waals surface area (Å²) in [7, 11) is 0. The van der Waals surface area contributed by atoms with Crippen LogP contribution in [-0.4, -0.2) is 27.9 Å². The number of fused-ring (bicyclic) bond motifs is 1. The molecular weight excluding hydrogens is 296 g/mol. The second-order valence-corrected chi connectivity index (χ2v) is 6.35. The number of hydrogen-bond acceptors (Lipinski definition) is 4. The third-order valence-corrected chi connectivity index (χ3v) is 4.78. The Morgan fingerprint density at radius 2 is 2.05 bits per heavy atom. The van der Waals surface area contributed by atoms with Gasteiger partial charge < -0.3 is 10.4 Å². The lowest BCUT2D eigenvalue weighted by Crippen LogP contribution is -2.34. The highest BCUT2D eigenvalue weighted by Gasteiger charge is 2.31. The first-order valence-electron chi connectivity index (χ1n) is 7.26. The number of aliphatic hydroxyl groups is 1. The molecule has 1 aromatic heterocycles. The maximum Gasteiger partial charge on any atom is 0.230 e. The fourth-order valence-electron chi connectivity index (χ4n) is 2.70. The molecule has 2 unspecified atom stereocenters. The summed E-state index contributed by atoms with van der Waals surface area (Å²) >= 11 is 1.56. The summed E-state index contributed by atoms with van der Waals surface area (Å²) < 4.78 is 0. The molecule has 0 saturated heterocycles. The summed E-state index contributed by atoms with van der Waals surface area (Å²) in [5, 5.41) is 13.1. The van der Waals surface area contributed by atoms with Crippen LogP contribution in [0.2, 0.25) is 0 Å². The SMILES string of the molecule is O=C(CSCc1ccncc1)NC1c2ccccc2CC1O. The Morgan fingerprint density at radius 1 is 1.27 bits per heavy atom. The van der Waals surface area contributed by atoms with Gasteiger partial charge in [-0.1, -0.05) is 24.3 Å². The van der Waals surface area contributed by atoms with Gasteiger partial charge in [0.1, 0.15) is 0 Å². The van der Waals surface area contributed by atoms with E-state index >= 15 is 0 Å². The quantitative estimate of drug-likeness (QED) is 0.887. The summed E-state index contributed by atoms with van der Waals surface area (Å²) in [6.45, 7) is 0. The highest BCUT2D eigenvalue weighted by atomic mass is 32.2. The van der Waals surface area contributed by atoms with Crippen molar-refractivity contribution in [3.63, 3.8) is 0 Å². The van der Waals surface area contributed by atoms with Gasteiger partial charge >= 0.3 is 0 Å². The minimum Gasteiger partial charge on any atom is -0.390 e. The number of amides is 1. The zero-order valence-electron chi connectivity index (χ0n) is 12.1. The third-order valence-electron chi connectivity index (χ3n) is 3.77. The van der Waals surface area contributed by atoms with E-state index < -0.39 is 6.10 Å². The van der Waals surface area contributed by atoms with E-state index in [-0.39, 0.29) is 11.9 Å². The van der Waals surface area contributed by atoms with Crippen LogP contribution in [0.1, 0.15) is 22.7 Å². The van der Waals surface area contributed by atoms with Crippen molar-refractivity contribution in [3.8, 4) is 0 Å². The number of thioether (sulfide) groups is 1. The van der Waals surface area contributed by atoms with Gasteiger partial charge in [0.05, 0.1) is 17.9 Å². The third kappa shape index (κ3) is 3.48. The van der Waals surface area contributed by atoms with Gasteiger partial charge in [-0.25, -0.2) is 0 Å². The smallest absolute Gasteiger partial charge is 0.230 e. The molecule has 0 spiro atoms. The number of nitrogens with one attached hydrogen (secondary N) is 1. The molecule has 2 aromatic rings. The Bertz CT molecular complexity index is 648. The van der Waals surface area contributed by atoms with E-state index in [1.54, 1.807) is 24.2 Å². The predicted octanol–water partition coefficient (Wildman–Crippen LogP) is 2.09. The summed E-state index contributed by atoms with van der Waals surface area (Å²) in [4.78, 5) is 16.1. The second-order valence-electron chi connectivity index (χ2n) is 5.36. The van der Waals surface area contributed by atoms with Crippen LogP contribution in [0.3, 0.4) is 0 Å². The summed E-state index contributed by atoms with van der Waals surface area (Å²) in [6.07, 6.45) is 3.57.